The molecule has 158 valence electrons. The maximum atomic E-state index is 13.3. The Morgan fingerprint density at radius 2 is 1.83 bits per heavy atom. The number of amides is 1. The molecular weight excluding hydrogens is 420 g/mol. The van der Waals surface area contributed by atoms with Crippen molar-refractivity contribution in [2.24, 2.45) is 5.92 Å². The highest BCUT2D eigenvalue weighted by Crippen LogP contribution is 2.35. The van der Waals surface area contributed by atoms with Crippen molar-refractivity contribution >= 4 is 39.8 Å². The lowest BCUT2D eigenvalue weighted by Crippen LogP contribution is -2.68. The first kappa shape index (κ1) is 21.7. The van der Waals surface area contributed by atoms with Crippen LogP contribution in [0.4, 0.5) is 4.79 Å². The molecular formula is C19H23ClN2O6S. The lowest BCUT2D eigenvalue weighted by Gasteiger charge is -2.50. The first-order valence-corrected chi connectivity index (χ1v) is 11.0. The first-order chi connectivity index (χ1) is 13.4. The lowest BCUT2D eigenvalue weighted by atomic mass is 9.84. The number of aldehydes is 1. The summed E-state index contributed by atoms with van der Waals surface area (Å²) >= 11 is 5.86. The summed E-state index contributed by atoms with van der Waals surface area (Å²) in [6.07, 6.45) is -0.284. The van der Waals surface area contributed by atoms with Crippen LogP contribution in [0.15, 0.2) is 29.2 Å². The molecule has 1 amide bonds. The Bertz CT molecular complexity index is 925. The van der Waals surface area contributed by atoms with Crippen LogP contribution in [0, 0.1) is 5.92 Å². The highest BCUT2D eigenvalue weighted by atomic mass is 35.5. The standard InChI is InChI=1S/C19H23ClN2O6S/c1-19(2,3)28-18(25)21-9-13-8-17(24)15(11-23)16(10-21)22(13)29(26,27)14-6-4-12(20)5-7-14/h4-7,11,13,15-16H,8-10H2,1-3H3. The molecule has 0 aromatic heterocycles. The van der Waals surface area contributed by atoms with Crippen molar-refractivity contribution in [1.29, 1.82) is 0 Å². The van der Waals surface area contributed by atoms with Crippen molar-refractivity contribution in [3.63, 3.8) is 0 Å². The number of piperidine rings is 1. The SMILES string of the molecule is CC(C)(C)OC(=O)N1CC2CC(=O)C(C=O)C(C1)N2S(=O)(=O)c1ccc(Cl)cc1. The minimum atomic E-state index is -4.00. The number of likely N-dealkylation sites (tertiary alicyclic amines) is 1. The van der Waals surface area contributed by atoms with E-state index in [-0.39, 0.29) is 30.2 Å². The third-order valence-corrected chi connectivity index (χ3v) is 7.18. The van der Waals surface area contributed by atoms with E-state index in [0.29, 0.717) is 11.3 Å². The molecule has 0 spiro atoms. The molecule has 2 fully saturated rings. The molecule has 2 saturated heterocycles. The summed E-state index contributed by atoms with van der Waals surface area (Å²) < 4.78 is 33.2. The van der Waals surface area contributed by atoms with E-state index < -0.39 is 39.7 Å². The van der Waals surface area contributed by atoms with E-state index >= 15 is 0 Å². The molecule has 2 aliphatic rings. The molecule has 8 nitrogen and oxygen atoms in total. The Morgan fingerprint density at radius 1 is 1.21 bits per heavy atom. The number of rotatable bonds is 3. The van der Waals surface area contributed by atoms with Crippen LogP contribution in [0.1, 0.15) is 27.2 Å². The Hall–Kier alpha value is -1.97. The van der Waals surface area contributed by atoms with Crippen LogP contribution in [0.25, 0.3) is 0 Å². The second-order valence-electron chi connectivity index (χ2n) is 8.23. The molecule has 10 heteroatoms. The summed E-state index contributed by atoms with van der Waals surface area (Å²) in [5.41, 5.74) is -0.724. The quantitative estimate of drug-likeness (QED) is 0.525. The number of hydrogen-bond acceptors (Lipinski definition) is 6. The van der Waals surface area contributed by atoms with Crippen molar-refractivity contribution in [2.45, 2.75) is 49.8 Å². The van der Waals surface area contributed by atoms with Gasteiger partial charge in [-0.15, -0.1) is 0 Å². The van der Waals surface area contributed by atoms with Crippen molar-refractivity contribution in [1.82, 2.24) is 9.21 Å². The van der Waals surface area contributed by atoms with Crippen LogP contribution >= 0.6 is 11.6 Å². The number of carbonyl (C=O) groups excluding carboxylic acids is 3. The first-order valence-electron chi connectivity index (χ1n) is 9.19. The summed E-state index contributed by atoms with van der Waals surface area (Å²) in [5.74, 6) is -1.46. The van der Waals surface area contributed by atoms with Crippen molar-refractivity contribution < 1.29 is 27.5 Å². The second-order valence-corrected chi connectivity index (χ2v) is 10.5. The van der Waals surface area contributed by atoms with Gasteiger partial charge in [0.25, 0.3) is 0 Å². The number of benzene rings is 1. The number of hydrogen-bond donors (Lipinski definition) is 0. The van der Waals surface area contributed by atoms with Crippen LogP contribution in [-0.4, -0.2) is 66.6 Å². The molecule has 0 N–H and O–H groups in total. The van der Waals surface area contributed by atoms with Crippen LogP contribution in [0.3, 0.4) is 0 Å². The van der Waals surface area contributed by atoms with Crippen LogP contribution in [0.5, 0.6) is 0 Å². The number of carbonyl (C=O) groups is 3. The van der Waals surface area contributed by atoms with Gasteiger partial charge in [-0.1, -0.05) is 11.6 Å². The van der Waals surface area contributed by atoms with Gasteiger partial charge in [0.05, 0.1) is 22.9 Å². The zero-order valence-electron chi connectivity index (χ0n) is 16.4. The van der Waals surface area contributed by atoms with E-state index in [9.17, 15) is 22.8 Å². The zero-order valence-corrected chi connectivity index (χ0v) is 17.9. The van der Waals surface area contributed by atoms with Gasteiger partial charge in [0.2, 0.25) is 10.0 Å². The van der Waals surface area contributed by atoms with Gasteiger partial charge < -0.3 is 14.4 Å². The molecule has 0 aliphatic carbocycles. The van der Waals surface area contributed by atoms with Gasteiger partial charge in [-0.25, -0.2) is 13.2 Å². The van der Waals surface area contributed by atoms with E-state index in [2.05, 4.69) is 0 Å². The molecule has 0 saturated carbocycles. The summed E-state index contributed by atoms with van der Waals surface area (Å²) in [7, 11) is -4.00. The summed E-state index contributed by atoms with van der Waals surface area (Å²) in [4.78, 5) is 37.9. The van der Waals surface area contributed by atoms with Crippen LogP contribution in [-0.2, 0) is 24.3 Å². The molecule has 29 heavy (non-hydrogen) atoms. The maximum absolute atomic E-state index is 13.3. The summed E-state index contributed by atoms with van der Waals surface area (Å²) in [6.45, 7) is 5.09. The monoisotopic (exact) mass is 442 g/mol. The zero-order chi connectivity index (χ0) is 21.6. The number of piperazine rings is 1. The average Bonchev–Trinajstić information content (AvgIpc) is 2.60. The van der Waals surface area contributed by atoms with Crippen LogP contribution < -0.4 is 0 Å². The normalized spacial score (nSPS) is 25.6. The van der Waals surface area contributed by atoms with E-state index in [4.69, 9.17) is 16.3 Å². The number of sulfonamides is 1. The van der Waals surface area contributed by atoms with Gasteiger partial charge in [0.1, 0.15) is 17.7 Å². The number of ether oxygens (including phenoxy) is 1. The number of fused-ring (bicyclic) bond motifs is 2. The molecule has 0 radical (unpaired) electrons. The fourth-order valence-electron chi connectivity index (χ4n) is 3.74. The highest BCUT2D eigenvalue weighted by Gasteiger charge is 2.53. The van der Waals surface area contributed by atoms with Gasteiger partial charge in [-0.05, 0) is 45.0 Å². The number of nitrogens with zero attached hydrogens (tertiary/aromatic N) is 2. The summed E-state index contributed by atoms with van der Waals surface area (Å²) in [5, 5.41) is 0.389. The minimum Gasteiger partial charge on any atom is -0.444 e. The van der Waals surface area contributed by atoms with Gasteiger partial charge in [0, 0.05) is 24.5 Å². The predicted octanol–water partition coefficient (Wildman–Crippen LogP) is 2.11. The second kappa shape index (κ2) is 7.70. The average molecular weight is 443 g/mol. The molecule has 3 rings (SSSR count). The molecule has 1 aromatic rings. The largest absolute Gasteiger partial charge is 0.444 e. The van der Waals surface area contributed by atoms with Crippen molar-refractivity contribution in [2.75, 3.05) is 13.1 Å². The van der Waals surface area contributed by atoms with Crippen molar-refractivity contribution in [3.8, 4) is 0 Å². The Labute approximate surface area is 174 Å². The number of halogens is 1. The fourth-order valence-corrected chi connectivity index (χ4v) is 5.68. The molecule has 1 aromatic carbocycles. The van der Waals surface area contributed by atoms with Crippen LogP contribution in [0.2, 0.25) is 5.02 Å². The van der Waals surface area contributed by atoms with E-state index in [1.54, 1.807) is 20.8 Å². The predicted molar refractivity (Wildman–Crippen MR) is 105 cm³/mol. The van der Waals surface area contributed by atoms with Gasteiger partial charge in [-0.2, -0.15) is 4.31 Å². The topological polar surface area (TPSA) is 101 Å². The minimum absolute atomic E-state index is 0.00947. The Morgan fingerprint density at radius 3 is 2.38 bits per heavy atom. The van der Waals surface area contributed by atoms with E-state index in [1.807, 2.05) is 0 Å². The lowest BCUT2D eigenvalue weighted by molar-refractivity contribution is -0.136. The van der Waals surface area contributed by atoms with Crippen molar-refractivity contribution in [3.05, 3.63) is 29.3 Å². The smallest absolute Gasteiger partial charge is 0.410 e. The summed E-state index contributed by atoms with van der Waals surface area (Å²) in [6, 6.07) is 3.93. The highest BCUT2D eigenvalue weighted by molar-refractivity contribution is 7.89. The van der Waals surface area contributed by atoms with Gasteiger partial charge >= 0.3 is 6.09 Å². The Kier molecular flexibility index (Phi) is 5.77. The molecule has 2 heterocycles. The van der Waals surface area contributed by atoms with E-state index in [0.717, 1.165) is 0 Å². The molecule has 2 aliphatic heterocycles. The van der Waals surface area contributed by atoms with E-state index in [1.165, 1.54) is 33.5 Å². The molecule has 3 atom stereocenters. The maximum Gasteiger partial charge on any atom is 0.410 e. The fraction of sp³-hybridized carbons (Fsp3) is 0.526. The molecule has 2 bridgehead atoms. The molecule has 3 unspecified atom stereocenters. The third-order valence-electron chi connectivity index (χ3n) is 4.94. The van der Waals surface area contributed by atoms with Gasteiger partial charge in [-0.3, -0.25) is 4.79 Å². The number of Topliss-reactive ketones (excluding diaryl/α,β-unsaturated/α-hetero) is 1. The third kappa shape index (κ3) is 4.31. The number of ketones is 1. The Balaban J connectivity index is 1.97. The van der Waals surface area contributed by atoms with Gasteiger partial charge in [0.15, 0.2) is 0 Å².